The number of nitrogens with one attached hydrogen (secondary N) is 3. The van der Waals surface area contributed by atoms with Crippen LogP contribution < -0.4 is 21.5 Å². The lowest BCUT2D eigenvalue weighted by Crippen LogP contribution is -2.50. The minimum Gasteiger partial charge on any atom is -0.324 e. The topological polar surface area (TPSA) is 113 Å². The smallest absolute Gasteiger partial charge is 0.323 e. The molecule has 184 valence electrons. The van der Waals surface area contributed by atoms with E-state index in [4.69, 9.17) is 0 Å². The van der Waals surface area contributed by atoms with Gasteiger partial charge in [0.1, 0.15) is 5.69 Å². The number of piperidine rings is 1. The lowest BCUT2D eigenvalue weighted by molar-refractivity contribution is 0.101. The van der Waals surface area contributed by atoms with Gasteiger partial charge in [0.2, 0.25) is 0 Å². The Balaban J connectivity index is 1.27. The highest BCUT2D eigenvalue weighted by Crippen LogP contribution is 2.35. The fourth-order valence-corrected chi connectivity index (χ4v) is 5.00. The lowest BCUT2D eigenvalue weighted by atomic mass is 9.83. The molecular weight excluding hydrogens is 458 g/mol. The Morgan fingerprint density at radius 3 is 2.25 bits per heavy atom. The molecule has 0 radical (unpaired) electrons. The summed E-state index contributed by atoms with van der Waals surface area (Å²) in [6.07, 6.45) is 0.901. The lowest BCUT2D eigenvalue weighted by Gasteiger charge is -2.42. The first-order valence-electron chi connectivity index (χ1n) is 11.9. The van der Waals surface area contributed by atoms with Gasteiger partial charge in [0, 0.05) is 48.2 Å². The molecule has 1 fully saturated rings. The van der Waals surface area contributed by atoms with Crippen LogP contribution in [0, 0.1) is 5.92 Å². The fourth-order valence-electron chi connectivity index (χ4n) is 5.00. The van der Waals surface area contributed by atoms with Crippen molar-refractivity contribution in [2.24, 2.45) is 5.92 Å². The van der Waals surface area contributed by atoms with E-state index in [9.17, 15) is 19.2 Å². The van der Waals surface area contributed by atoms with E-state index in [0.717, 1.165) is 12.1 Å². The van der Waals surface area contributed by atoms with E-state index >= 15 is 0 Å². The van der Waals surface area contributed by atoms with E-state index in [0.29, 0.717) is 36.6 Å². The number of hydrogen-bond donors (Lipinski definition) is 3. The van der Waals surface area contributed by atoms with Crippen LogP contribution in [0.5, 0.6) is 0 Å². The highest BCUT2D eigenvalue weighted by Gasteiger charge is 2.36. The molecule has 36 heavy (non-hydrogen) atoms. The maximum atomic E-state index is 13.2. The fraction of sp³-hybridized carbons (Fsp3) is 0.259. The molecule has 1 aromatic heterocycles. The third kappa shape index (κ3) is 4.86. The summed E-state index contributed by atoms with van der Waals surface area (Å²) in [6.45, 7) is 3.01. The number of carbonyl (C=O) groups is 3. The second-order valence-electron chi connectivity index (χ2n) is 9.30. The van der Waals surface area contributed by atoms with Gasteiger partial charge in [-0.1, -0.05) is 18.2 Å². The van der Waals surface area contributed by atoms with E-state index < -0.39 is 6.03 Å². The highest BCUT2D eigenvalue weighted by molar-refractivity contribution is 5.99. The summed E-state index contributed by atoms with van der Waals surface area (Å²) in [5.74, 6) is 0.136. The van der Waals surface area contributed by atoms with Crippen molar-refractivity contribution in [3.05, 3.63) is 88.3 Å². The van der Waals surface area contributed by atoms with Crippen LogP contribution in [0.25, 0.3) is 0 Å². The Kier molecular flexibility index (Phi) is 6.28. The number of hydrogen-bond acceptors (Lipinski definition) is 4. The summed E-state index contributed by atoms with van der Waals surface area (Å²) in [4.78, 5) is 51.7. The van der Waals surface area contributed by atoms with Gasteiger partial charge in [-0.15, -0.1) is 0 Å². The molecule has 2 bridgehead atoms. The molecule has 3 heterocycles. The maximum absolute atomic E-state index is 13.2. The van der Waals surface area contributed by atoms with Crippen molar-refractivity contribution in [1.82, 2.24) is 9.47 Å². The van der Waals surface area contributed by atoms with Gasteiger partial charge in [-0.2, -0.15) is 0 Å². The van der Waals surface area contributed by atoms with E-state index in [-0.39, 0.29) is 34.9 Å². The maximum Gasteiger partial charge on any atom is 0.323 e. The number of pyridine rings is 1. The number of ketones is 1. The Hall–Kier alpha value is -4.40. The zero-order chi connectivity index (χ0) is 25.2. The Bertz CT molecular complexity index is 1370. The highest BCUT2D eigenvalue weighted by atomic mass is 16.2. The van der Waals surface area contributed by atoms with E-state index in [2.05, 4.69) is 16.0 Å². The number of para-hydroxylation sites is 1. The van der Waals surface area contributed by atoms with Gasteiger partial charge in [-0.3, -0.25) is 9.59 Å². The molecule has 3 N–H and O–H groups in total. The summed E-state index contributed by atoms with van der Waals surface area (Å²) >= 11 is 0. The molecule has 0 aliphatic carbocycles. The summed E-state index contributed by atoms with van der Waals surface area (Å²) in [7, 11) is 0. The quantitative estimate of drug-likeness (QED) is 0.477. The van der Waals surface area contributed by atoms with Gasteiger partial charge in [-0.05, 0) is 67.8 Å². The Morgan fingerprint density at radius 1 is 0.806 bits per heavy atom. The number of aromatic nitrogens is 1. The third-order valence-electron chi connectivity index (χ3n) is 6.71. The van der Waals surface area contributed by atoms with Crippen molar-refractivity contribution < 1.29 is 14.4 Å². The molecule has 5 rings (SSSR count). The molecule has 2 aliphatic heterocycles. The van der Waals surface area contributed by atoms with Crippen LogP contribution in [0.4, 0.5) is 26.7 Å². The van der Waals surface area contributed by atoms with Crippen molar-refractivity contribution in [3.63, 3.8) is 0 Å². The number of carbonyl (C=O) groups excluding carboxylic acids is 3. The number of rotatable bonds is 4. The van der Waals surface area contributed by atoms with Crippen molar-refractivity contribution in [1.29, 1.82) is 0 Å². The Morgan fingerprint density at radius 2 is 1.53 bits per heavy atom. The number of nitrogens with zero attached hydrogens (tertiary/aromatic N) is 2. The molecule has 2 atom stereocenters. The SMILES string of the molecule is CC(=O)c1ccc(NC(=O)N2CC3CC(C2)c2ccc(NC(=O)Nc4ccccc4)c(=O)n2C3)cc1. The molecule has 2 aromatic carbocycles. The third-order valence-corrected chi connectivity index (χ3v) is 6.71. The molecule has 1 saturated heterocycles. The minimum atomic E-state index is -0.478. The molecule has 4 amide bonds. The average Bonchev–Trinajstić information content (AvgIpc) is 2.87. The largest absolute Gasteiger partial charge is 0.324 e. The van der Waals surface area contributed by atoms with Crippen LogP contribution in [-0.4, -0.2) is 40.4 Å². The second kappa shape index (κ2) is 9.69. The monoisotopic (exact) mass is 485 g/mol. The van der Waals surface area contributed by atoms with Crippen LogP contribution in [0.2, 0.25) is 0 Å². The first kappa shape index (κ1) is 23.3. The zero-order valence-electron chi connectivity index (χ0n) is 19.9. The van der Waals surface area contributed by atoms with Gasteiger partial charge in [0.25, 0.3) is 5.56 Å². The first-order chi connectivity index (χ1) is 17.4. The predicted molar refractivity (Wildman–Crippen MR) is 138 cm³/mol. The zero-order valence-corrected chi connectivity index (χ0v) is 19.9. The number of benzene rings is 2. The predicted octanol–water partition coefficient (Wildman–Crippen LogP) is 4.35. The van der Waals surface area contributed by atoms with Crippen LogP contribution in [0.3, 0.4) is 0 Å². The number of anilines is 3. The molecule has 9 heteroatoms. The van der Waals surface area contributed by atoms with E-state index in [1.807, 2.05) is 24.3 Å². The molecule has 2 unspecified atom stereocenters. The number of likely N-dealkylation sites (tertiary alicyclic amines) is 1. The van der Waals surface area contributed by atoms with Crippen molar-refractivity contribution >= 4 is 34.9 Å². The molecular formula is C27H27N5O4. The number of fused-ring (bicyclic) bond motifs is 4. The van der Waals surface area contributed by atoms with Crippen molar-refractivity contribution in [2.75, 3.05) is 29.0 Å². The van der Waals surface area contributed by atoms with Crippen molar-refractivity contribution in [3.8, 4) is 0 Å². The van der Waals surface area contributed by atoms with Crippen molar-refractivity contribution in [2.45, 2.75) is 25.8 Å². The van der Waals surface area contributed by atoms with Crippen LogP contribution in [0.1, 0.15) is 35.3 Å². The summed E-state index contributed by atoms with van der Waals surface area (Å²) in [6, 6.07) is 18.7. The Labute approximate surface area is 208 Å². The summed E-state index contributed by atoms with van der Waals surface area (Å²) < 4.78 is 1.73. The molecule has 9 nitrogen and oxygen atoms in total. The van der Waals surface area contributed by atoms with E-state index in [1.54, 1.807) is 51.9 Å². The normalized spacial score (nSPS) is 18.1. The van der Waals surface area contributed by atoms with Gasteiger partial charge >= 0.3 is 12.1 Å². The average molecular weight is 486 g/mol. The standard InChI is InChI=1S/C27H27N5O4/c1-17(33)19-7-9-22(10-8-19)29-27(36)31-14-18-13-20(16-31)24-12-11-23(25(34)32(24)15-18)30-26(35)28-21-5-3-2-4-6-21/h2-12,18,20H,13-16H2,1H3,(H,29,36)(H2,28,30,35). The summed E-state index contributed by atoms with van der Waals surface area (Å²) in [5.41, 5.74) is 2.70. The van der Waals surface area contributed by atoms with E-state index in [1.165, 1.54) is 6.92 Å². The number of urea groups is 2. The summed E-state index contributed by atoms with van der Waals surface area (Å²) in [5, 5.41) is 8.28. The van der Waals surface area contributed by atoms with Gasteiger partial charge in [-0.25, -0.2) is 9.59 Å². The molecule has 3 aromatic rings. The first-order valence-corrected chi connectivity index (χ1v) is 11.9. The molecule has 2 aliphatic rings. The van der Waals surface area contributed by atoms with Crippen LogP contribution >= 0.6 is 0 Å². The van der Waals surface area contributed by atoms with Crippen LogP contribution in [-0.2, 0) is 6.54 Å². The molecule has 0 spiro atoms. The van der Waals surface area contributed by atoms with Crippen LogP contribution in [0.15, 0.2) is 71.5 Å². The minimum absolute atomic E-state index is 0.0270. The number of amides is 4. The van der Waals surface area contributed by atoms with Gasteiger partial charge < -0.3 is 25.4 Å². The second-order valence-corrected chi connectivity index (χ2v) is 9.30. The van der Waals surface area contributed by atoms with Gasteiger partial charge in [0.15, 0.2) is 5.78 Å². The van der Waals surface area contributed by atoms with Gasteiger partial charge in [0.05, 0.1) is 0 Å². The number of Topliss-reactive ketones (excluding diaryl/α,β-unsaturated/α-hetero) is 1. The molecule has 0 saturated carbocycles.